The number of hydrogen-bond donors (Lipinski definition) is 0. The fourth-order valence-electron chi connectivity index (χ4n) is 4.01. The van der Waals surface area contributed by atoms with Gasteiger partial charge < -0.3 is 4.90 Å². The normalized spacial score (nSPS) is 22.6. The predicted molar refractivity (Wildman–Crippen MR) is 105 cm³/mol. The number of imide groups is 1. The number of pyridine rings is 1. The van der Waals surface area contributed by atoms with E-state index < -0.39 is 0 Å². The minimum Gasteiger partial charge on any atom is -0.315 e. The minimum atomic E-state index is -0.222. The quantitative estimate of drug-likeness (QED) is 0.752. The molecule has 1 saturated carbocycles. The first-order valence-corrected chi connectivity index (χ1v) is 9.68. The first kappa shape index (κ1) is 18.7. The second kappa shape index (κ2) is 6.18. The van der Waals surface area contributed by atoms with Crippen molar-refractivity contribution in [1.82, 2.24) is 23.9 Å². The molecule has 2 fully saturated rings. The van der Waals surface area contributed by atoms with E-state index in [0.717, 1.165) is 17.6 Å². The van der Waals surface area contributed by atoms with Crippen molar-refractivity contribution in [2.24, 2.45) is 18.4 Å². The van der Waals surface area contributed by atoms with E-state index >= 15 is 0 Å². The topological polar surface area (TPSA) is 80.4 Å². The lowest BCUT2D eigenvalue weighted by molar-refractivity contribution is -0.124. The Bertz CT molecular complexity index is 1030. The number of nitrogens with zero attached hydrogens (tertiary/aromatic N) is 5. The molecule has 0 N–H and O–H groups in total. The first-order chi connectivity index (χ1) is 13.1. The number of aryl methyl sites for hydroxylation is 1. The van der Waals surface area contributed by atoms with Gasteiger partial charge in [0.2, 0.25) is 5.91 Å². The highest BCUT2D eigenvalue weighted by atomic mass is 16.2. The molecule has 3 heterocycles. The molecule has 2 aliphatic rings. The van der Waals surface area contributed by atoms with Crippen molar-refractivity contribution < 1.29 is 9.59 Å². The van der Waals surface area contributed by atoms with E-state index in [0.29, 0.717) is 24.7 Å². The molecular formula is C20H27N5O3. The molecule has 4 rings (SSSR count). The third-order valence-corrected chi connectivity index (χ3v) is 5.65. The summed E-state index contributed by atoms with van der Waals surface area (Å²) in [5, 5.41) is 0. The lowest BCUT2D eigenvalue weighted by Gasteiger charge is -2.18. The number of likely N-dealkylation sites (N-methyl/N-ethyl adjacent to an activating group) is 1. The van der Waals surface area contributed by atoms with Crippen LogP contribution in [0.2, 0.25) is 0 Å². The molecule has 28 heavy (non-hydrogen) atoms. The van der Waals surface area contributed by atoms with Crippen molar-refractivity contribution in [2.45, 2.75) is 39.7 Å². The highest BCUT2D eigenvalue weighted by molar-refractivity contribution is 6.01. The Balaban J connectivity index is 1.55. The van der Waals surface area contributed by atoms with E-state index in [1.807, 2.05) is 12.1 Å². The average molecular weight is 385 g/mol. The van der Waals surface area contributed by atoms with Crippen LogP contribution in [0.5, 0.6) is 0 Å². The number of urea groups is 1. The summed E-state index contributed by atoms with van der Waals surface area (Å²) in [6.45, 7) is 7.69. The van der Waals surface area contributed by atoms with Gasteiger partial charge in [-0.3, -0.25) is 18.8 Å². The molecular weight excluding hydrogens is 358 g/mol. The fraction of sp³-hybridized carbons (Fsp3) is 0.600. The fourth-order valence-corrected chi connectivity index (χ4v) is 4.01. The van der Waals surface area contributed by atoms with E-state index in [4.69, 9.17) is 4.98 Å². The van der Waals surface area contributed by atoms with Crippen LogP contribution >= 0.6 is 0 Å². The van der Waals surface area contributed by atoms with Gasteiger partial charge >= 0.3 is 11.7 Å². The van der Waals surface area contributed by atoms with Crippen LogP contribution < -0.4 is 5.69 Å². The summed E-state index contributed by atoms with van der Waals surface area (Å²) in [5.74, 6) is 0.415. The smallest absolute Gasteiger partial charge is 0.315 e. The van der Waals surface area contributed by atoms with Crippen LogP contribution in [0, 0.1) is 11.3 Å². The molecule has 0 radical (unpaired) electrons. The van der Waals surface area contributed by atoms with E-state index in [-0.39, 0.29) is 35.5 Å². The van der Waals surface area contributed by atoms with E-state index in [1.54, 1.807) is 21.1 Å². The number of rotatable bonds is 4. The van der Waals surface area contributed by atoms with Gasteiger partial charge in [-0.25, -0.2) is 14.6 Å². The molecule has 8 nitrogen and oxygen atoms in total. The van der Waals surface area contributed by atoms with E-state index in [9.17, 15) is 14.4 Å². The van der Waals surface area contributed by atoms with Crippen LogP contribution in [0.4, 0.5) is 4.79 Å². The zero-order valence-electron chi connectivity index (χ0n) is 17.1. The van der Waals surface area contributed by atoms with Gasteiger partial charge in [-0.15, -0.1) is 0 Å². The summed E-state index contributed by atoms with van der Waals surface area (Å²) in [5.41, 5.74) is 2.44. The number of imidazole rings is 1. The highest BCUT2D eigenvalue weighted by Crippen LogP contribution is 2.47. The Morgan fingerprint density at radius 3 is 2.46 bits per heavy atom. The second-order valence-electron chi connectivity index (χ2n) is 9.29. The summed E-state index contributed by atoms with van der Waals surface area (Å²) in [4.78, 5) is 44.0. The van der Waals surface area contributed by atoms with Gasteiger partial charge in [0.15, 0.2) is 5.65 Å². The van der Waals surface area contributed by atoms with Gasteiger partial charge in [0.05, 0.1) is 5.52 Å². The second-order valence-corrected chi connectivity index (χ2v) is 9.29. The highest BCUT2D eigenvalue weighted by Gasteiger charge is 2.44. The Morgan fingerprint density at radius 2 is 1.86 bits per heavy atom. The van der Waals surface area contributed by atoms with Crippen LogP contribution in [0.1, 0.15) is 38.8 Å². The monoisotopic (exact) mass is 385 g/mol. The molecule has 150 valence electrons. The summed E-state index contributed by atoms with van der Waals surface area (Å²) >= 11 is 0. The number of carbonyl (C=O) groups excluding carboxylic acids is 2. The summed E-state index contributed by atoms with van der Waals surface area (Å²) in [6.07, 6.45) is 0.941. The molecule has 8 heteroatoms. The number of amides is 3. The summed E-state index contributed by atoms with van der Waals surface area (Å²) in [6, 6.07) is 3.76. The van der Waals surface area contributed by atoms with Gasteiger partial charge in [-0.05, 0) is 29.9 Å². The van der Waals surface area contributed by atoms with Gasteiger partial charge in [-0.2, -0.15) is 0 Å². The largest absolute Gasteiger partial charge is 0.330 e. The van der Waals surface area contributed by atoms with Crippen molar-refractivity contribution >= 4 is 23.1 Å². The molecule has 1 saturated heterocycles. The molecule has 1 aliphatic heterocycles. The van der Waals surface area contributed by atoms with Crippen LogP contribution in [0.15, 0.2) is 16.9 Å². The minimum absolute atomic E-state index is 0.00870. The summed E-state index contributed by atoms with van der Waals surface area (Å²) in [7, 11) is 3.28. The molecule has 2 aromatic heterocycles. The van der Waals surface area contributed by atoms with Gasteiger partial charge in [0.1, 0.15) is 6.54 Å². The molecule has 1 unspecified atom stereocenters. The maximum absolute atomic E-state index is 12.7. The van der Waals surface area contributed by atoms with Crippen LogP contribution in [0.3, 0.4) is 0 Å². The van der Waals surface area contributed by atoms with Crippen LogP contribution in [0.25, 0.3) is 11.2 Å². The first-order valence-electron chi connectivity index (χ1n) is 9.68. The van der Waals surface area contributed by atoms with Crippen LogP contribution in [-0.2, 0) is 18.4 Å². The number of aromatic nitrogens is 3. The van der Waals surface area contributed by atoms with Crippen molar-refractivity contribution in [3.63, 3.8) is 0 Å². The van der Waals surface area contributed by atoms with E-state index in [2.05, 4.69) is 20.8 Å². The van der Waals surface area contributed by atoms with Crippen molar-refractivity contribution in [1.29, 1.82) is 0 Å². The maximum Gasteiger partial charge on any atom is 0.330 e. The van der Waals surface area contributed by atoms with E-state index in [1.165, 1.54) is 11.9 Å². The Labute approximate surface area is 163 Å². The predicted octanol–water partition coefficient (Wildman–Crippen LogP) is 1.78. The number of hydrogen-bond acceptors (Lipinski definition) is 4. The molecule has 1 aliphatic carbocycles. The molecule has 3 amide bonds. The van der Waals surface area contributed by atoms with Gasteiger partial charge in [0, 0.05) is 38.8 Å². The SMILES string of the molecule is CN1C(=O)CN(C[C@@H]2CC2c2ccc3c(n2)n(C)c(=O)n3CC(C)(C)C)C1=O. The standard InChI is InChI=1S/C20H27N5O3/c1-20(2,3)11-25-15-7-6-14(21-17(15)23(5)19(25)28)13-8-12(13)9-24-10-16(26)22(4)18(24)27/h6-7,12-13H,8-11H2,1-5H3/t12-,13?/m0/s1. The van der Waals surface area contributed by atoms with Crippen LogP contribution in [-0.4, -0.2) is 56.0 Å². The number of fused-ring (bicyclic) bond motifs is 1. The molecule has 2 aromatic rings. The van der Waals surface area contributed by atoms with Crippen molar-refractivity contribution in [3.8, 4) is 0 Å². The number of carbonyl (C=O) groups is 2. The molecule has 2 atom stereocenters. The molecule has 0 spiro atoms. The van der Waals surface area contributed by atoms with Crippen molar-refractivity contribution in [3.05, 3.63) is 28.3 Å². The third-order valence-electron chi connectivity index (χ3n) is 5.65. The zero-order chi connectivity index (χ0) is 20.4. The zero-order valence-corrected chi connectivity index (χ0v) is 17.1. The maximum atomic E-state index is 12.7. The lowest BCUT2D eigenvalue weighted by Crippen LogP contribution is -2.31. The van der Waals surface area contributed by atoms with Gasteiger partial charge in [0.25, 0.3) is 0 Å². The Hall–Kier alpha value is -2.64. The lowest BCUT2D eigenvalue weighted by atomic mass is 9.97. The summed E-state index contributed by atoms with van der Waals surface area (Å²) < 4.78 is 3.40. The molecule has 0 aromatic carbocycles. The van der Waals surface area contributed by atoms with Crippen molar-refractivity contribution in [2.75, 3.05) is 20.1 Å². The Kier molecular flexibility index (Phi) is 4.13. The Morgan fingerprint density at radius 1 is 1.14 bits per heavy atom. The third kappa shape index (κ3) is 3.10. The van der Waals surface area contributed by atoms with Gasteiger partial charge in [-0.1, -0.05) is 20.8 Å². The average Bonchev–Trinajstić information content (AvgIpc) is 3.31. The molecule has 0 bridgehead atoms.